The number of nitrogens with zero attached hydrogens (tertiary/aromatic N) is 1. The molecule has 0 spiro atoms. The third-order valence-corrected chi connectivity index (χ3v) is 3.93. The zero-order chi connectivity index (χ0) is 17.8. The Balaban J connectivity index is 1.67. The lowest BCUT2D eigenvalue weighted by atomic mass is 10.1. The number of rotatable bonds is 5. The van der Waals surface area contributed by atoms with Gasteiger partial charge in [-0.15, -0.1) is 0 Å². The van der Waals surface area contributed by atoms with Gasteiger partial charge in [0, 0.05) is 17.3 Å². The van der Waals surface area contributed by atoms with Crippen molar-refractivity contribution in [1.82, 2.24) is 5.16 Å². The van der Waals surface area contributed by atoms with Crippen molar-refractivity contribution in [3.05, 3.63) is 65.4 Å². The molecule has 0 saturated carbocycles. The predicted molar refractivity (Wildman–Crippen MR) is 96.7 cm³/mol. The van der Waals surface area contributed by atoms with E-state index >= 15 is 0 Å². The molecule has 1 N–H and O–H groups in total. The van der Waals surface area contributed by atoms with Gasteiger partial charge in [0.1, 0.15) is 5.75 Å². The lowest BCUT2D eigenvalue weighted by molar-refractivity contribution is -0.115. The van der Waals surface area contributed by atoms with E-state index in [1.165, 1.54) is 0 Å². The fourth-order valence-electron chi connectivity index (χ4n) is 2.60. The van der Waals surface area contributed by atoms with Gasteiger partial charge in [-0.1, -0.05) is 22.9 Å². The standard InChI is InChI=1S/C20H20N2O3/c1-13-4-9-18(14(2)10-13)21-20(23)12-16-11-19(25-22-16)15-5-7-17(24-3)8-6-15/h4-11H,12H2,1-3H3,(H,21,23). The van der Waals surface area contributed by atoms with Crippen LogP contribution in [0.15, 0.2) is 53.1 Å². The number of carbonyl (C=O) groups excluding carboxylic acids is 1. The highest BCUT2D eigenvalue weighted by Gasteiger charge is 2.12. The molecule has 3 aromatic rings. The number of aryl methyl sites for hydroxylation is 2. The molecule has 0 aliphatic heterocycles. The molecule has 3 rings (SSSR count). The molecule has 0 bridgehead atoms. The second kappa shape index (κ2) is 7.21. The highest BCUT2D eigenvalue weighted by molar-refractivity contribution is 5.92. The predicted octanol–water partition coefficient (Wildman–Crippen LogP) is 4.15. The number of carbonyl (C=O) groups is 1. The van der Waals surface area contributed by atoms with Gasteiger partial charge in [0.2, 0.25) is 5.91 Å². The maximum atomic E-state index is 12.2. The lowest BCUT2D eigenvalue weighted by Gasteiger charge is -2.08. The van der Waals surface area contributed by atoms with Crippen LogP contribution in [0.1, 0.15) is 16.8 Å². The molecule has 5 nitrogen and oxygen atoms in total. The van der Waals surface area contributed by atoms with Crippen LogP contribution in [-0.2, 0) is 11.2 Å². The van der Waals surface area contributed by atoms with Gasteiger partial charge in [-0.05, 0) is 49.7 Å². The van der Waals surface area contributed by atoms with Crippen LogP contribution in [0.2, 0.25) is 0 Å². The Morgan fingerprint density at radius 3 is 2.56 bits per heavy atom. The number of hydrogen-bond donors (Lipinski definition) is 1. The van der Waals surface area contributed by atoms with Crippen molar-refractivity contribution < 1.29 is 14.1 Å². The largest absolute Gasteiger partial charge is 0.497 e. The first-order chi connectivity index (χ1) is 12.0. The third-order valence-electron chi connectivity index (χ3n) is 3.93. The normalized spacial score (nSPS) is 10.5. The van der Waals surface area contributed by atoms with E-state index in [1.54, 1.807) is 13.2 Å². The van der Waals surface area contributed by atoms with Crippen LogP contribution in [0.25, 0.3) is 11.3 Å². The summed E-state index contributed by atoms with van der Waals surface area (Å²) >= 11 is 0. The third kappa shape index (κ3) is 4.07. The monoisotopic (exact) mass is 336 g/mol. The number of anilines is 1. The maximum Gasteiger partial charge on any atom is 0.230 e. The summed E-state index contributed by atoms with van der Waals surface area (Å²) in [7, 11) is 1.62. The number of amides is 1. The SMILES string of the molecule is COc1ccc(-c2cc(CC(=O)Nc3ccc(C)cc3C)no2)cc1. The van der Waals surface area contributed by atoms with Gasteiger partial charge in [0.05, 0.1) is 19.2 Å². The Morgan fingerprint density at radius 2 is 1.88 bits per heavy atom. The van der Waals surface area contributed by atoms with Crippen LogP contribution in [-0.4, -0.2) is 18.2 Å². The number of aromatic nitrogens is 1. The fraction of sp³-hybridized carbons (Fsp3) is 0.200. The first-order valence-corrected chi connectivity index (χ1v) is 8.02. The molecule has 25 heavy (non-hydrogen) atoms. The Kier molecular flexibility index (Phi) is 4.84. The van der Waals surface area contributed by atoms with Gasteiger partial charge < -0.3 is 14.6 Å². The average Bonchev–Trinajstić information content (AvgIpc) is 3.06. The summed E-state index contributed by atoms with van der Waals surface area (Å²) in [6.45, 7) is 4.00. The average molecular weight is 336 g/mol. The highest BCUT2D eigenvalue weighted by Crippen LogP contribution is 2.23. The molecule has 5 heteroatoms. The van der Waals surface area contributed by atoms with Crippen LogP contribution in [0.4, 0.5) is 5.69 Å². The van der Waals surface area contributed by atoms with E-state index in [9.17, 15) is 4.79 Å². The first kappa shape index (κ1) is 16.8. The number of nitrogens with one attached hydrogen (secondary N) is 1. The summed E-state index contributed by atoms with van der Waals surface area (Å²) in [4.78, 5) is 12.2. The maximum absolute atomic E-state index is 12.2. The van der Waals surface area contributed by atoms with E-state index < -0.39 is 0 Å². The van der Waals surface area contributed by atoms with E-state index in [1.807, 2.05) is 56.3 Å². The van der Waals surface area contributed by atoms with Crippen LogP contribution in [0.3, 0.4) is 0 Å². The lowest BCUT2D eigenvalue weighted by Crippen LogP contribution is -2.15. The molecule has 0 unspecified atom stereocenters. The van der Waals surface area contributed by atoms with Crippen LogP contribution in [0.5, 0.6) is 5.75 Å². The smallest absolute Gasteiger partial charge is 0.230 e. The van der Waals surface area contributed by atoms with Crippen molar-refractivity contribution in [3.63, 3.8) is 0 Å². The molecule has 0 fully saturated rings. The highest BCUT2D eigenvalue weighted by atomic mass is 16.5. The number of methoxy groups -OCH3 is 1. The molecule has 128 valence electrons. The van der Waals surface area contributed by atoms with Gasteiger partial charge in [-0.2, -0.15) is 0 Å². The molecule has 0 radical (unpaired) electrons. The van der Waals surface area contributed by atoms with Gasteiger partial charge in [0.15, 0.2) is 5.76 Å². The van der Waals surface area contributed by atoms with E-state index in [2.05, 4.69) is 10.5 Å². The van der Waals surface area contributed by atoms with Crippen LogP contribution < -0.4 is 10.1 Å². The first-order valence-electron chi connectivity index (χ1n) is 8.02. The Hall–Kier alpha value is -3.08. The molecule has 2 aromatic carbocycles. The summed E-state index contributed by atoms with van der Waals surface area (Å²) in [6, 6.07) is 15.2. The molecule has 0 atom stereocenters. The van der Waals surface area contributed by atoms with Gasteiger partial charge in [0.25, 0.3) is 0 Å². The minimum Gasteiger partial charge on any atom is -0.497 e. The van der Waals surface area contributed by atoms with Crippen molar-refractivity contribution in [2.75, 3.05) is 12.4 Å². The zero-order valence-electron chi connectivity index (χ0n) is 14.5. The molecular weight excluding hydrogens is 316 g/mol. The van der Waals surface area contributed by atoms with E-state index in [-0.39, 0.29) is 12.3 Å². The molecule has 1 heterocycles. The van der Waals surface area contributed by atoms with E-state index in [0.717, 1.165) is 28.1 Å². The molecule has 0 saturated heterocycles. The molecule has 0 aliphatic rings. The Morgan fingerprint density at radius 1 is 1.12 bits per heavy atom. The van der Waals surface area contributed by atoms with Gasteiger partial charge >= 0.3 is 0 Å². The second-order valence-electron chi connectivity index (χ2n) is 5.95. The summed E-state index contributed by atoms with van der Waals surface area (Å²) in [5.74, 6) is 1.27. The van der Waals surface area contributed by atoms with E-state index in [0.29, 0.717) is 11.5 Å². The molecule has 0 aliphatic carbocycles. The van der Waals surface area contributed by atoms with Crippen molar-refractivity contribution in [1.29, 1.82) is 0 Å². The summed E-state index contributed by atoms with van der Waals surface area (Å²) < 4.78 is 10.5. The van der Waals surface area contributed by atoms with Crippen LogP contribution >= 0.6 is 0 Å². The van der Waals surface area contributed by atoms with Gasteiger partial charge in [-0.25, -0.2) is 0 Å². The molecule has 1 aromatic heterocycles. The van der Waals surface area contributed by atoms with Crippen molar-refractivity contribution in [3.8, 4) is 17.1 Å². The zero-order valence-corrected chi connectivity index (χ0v) is 14.5. The topological polar surface area (TPSA) is 64.4 Å². The van der Waals surface area contributed by atoms with Crippen molar-refractivity contribution in [2.45, 2.75) is 20.3 Å². The van der Waals surface area contributed by atoms with Crippen molar-refractivity contribution in [2.24, 2.45) is 0 Å². The fourth-order valence-corrected chi connectivity index (χ4v) is 2.60. The quantitative estimate of drug-likeness (QED) is 0.760. The minimum absolute atomic E-state index is 0.124. The molecule has 1 amide bonds. The van der Waals surface area contributed by atoms with Crippen molar-refractivity contribution >= 4 is 11.6 Å². The second-order valence-corrected chi connectivity index (χ2v) is 5.95. The number of benzene rings is 2. The summed E-state index contributed by atoms with van der Waals surface area (Å²) in [5, 5.41) is 6.90. The molecular formula is C20H20N2O3. The summed E-state index contributed by atoms with van der Waals surface area (Å²) in [5.41, 5.74) is 4.49. The number of hydrogen-bond acceptors (Lipinski definition) is 4. The minimum atomic E-state index is -0.124. The number of ether oxygens (including phenoxy) is 1. The Labute approximate surface area is 146 Å². The van der Waals surface area contributed by atoms with Gasteiger partial charge in [-0.3, -0.25) is 4.79 Å². The van der Waals surface area contributed by atoms with Crippen LogP contribution in [0, 0.1) is 13.8 Å². The Bertz CT molecular complexity index is 882. The summed E-state index contributed by atoms with van der Waals surface area (Å²) in [6.07, 6.45) is 0.160. The van der Waals surface area contributed by atoms with E-state index in [4.69, 9.17) is 9.26 Å².